The van der Waals surface area contributed by atoms with Gasteiger partial charge in [0.15, 0.2) is 5.89 Å². The minimum Gasteiger partial charge on any atom is -0.495 e. The van der Waals surface area contributed by atoms with E-state index in [0.29, 0.717) is 43.0 Å². The van der Waals surface area contributed by atoms with Crippen LogP contribution in [0.15, 0.2) is 41.1 Å². The van der Waals surface area contributed by atoms with Crippen molar-refractivity contribution in [2.45, 2.75) is 89.1 Å². The van der Waals surface area contributed by atoms with Gasteiger partial charge in [-0.25, -0.2) is 14.8 Å². The van der Waals surface area contributed by atoms with Crippen molar-refractivity contribution in [1.82, 2.24) is 20.3 Å². The van der Waals surface area contributed by atoms with Gasteiger partial charge < -0.3 is 29.4 Å². The van der Waals surface area contributed by atoms with E-state index in [1.807, 2.05) is 30.0 Å². The number of hydrogen-bond donors (Lipinski definition) is 3. The molecular formula is C37H49N5O7. The molecule has 1 unspecified atom stereocenters. The number of alkyl carbamates (subject to hydrolysis) is 1. The van der Waals surface area contributed by atoms with Crippen LogP contribution < -0.4 is 15.0 Å². The molecule has 0 spiro atoms. The zero-order chi connectivity index (χ0) is 34.3. The average Bonchev–Trinajstić information content (AvgIpc) is 3.87. The number of aliphatic hydroxyl groups is 2. The first-order valence-corrected chi connectivity index (χ1v) is 17.8. The van der Waals surface area contributed by atoms with Crippen LogP contribution in [0.5, 0.6) is 5.75 Å². The number of aliphatic hydroxyl groups excluding tert-OH is 2. The van der Waals surface area contributed by atoms with Crippen LogP contribution in [0.25, 0.3) is 11.3 Å². The number of carbonyl (C=O) groups excluding carboxylic acids is 2. The molecule has 3 saturated carbocycles. The summed E-state index contributed by atoms with van der Waals surface area (Å²) in [7, 11) is 1.67. The van der Waals surface area contributed by atoms with Crippen molar-refractivity contribution < 1.29 is 33.7 Å². The summed E-state index contributed by atoms with van der Waals surface area (Å²) in [4.78, 5) is 42.5. The minimum atomic E-state index is -1.02. The number of nitrogens with one attached hydrogen (secondary N) is 1. The molecule has 0 radical (unpaired) electrons. The van der Waals surface area contributed by atoms with Crippen LogP contribution in [0.3, 0.4) is 0 Å². The molecule has 6 rings (SSSR count). The number of pyridine rings is 2. The standard InChI is InChI=1S/C37H49N5O7/c1-23-33(47-2)14-13-31(40-23)26-7-3-24(4-8-26)19-42(34-17-29(15-16-38-34)32-22-48-35(41-32)27-11-12-27)36(45)28-9-5-25(6-10-28)21-49-37(46)39-18-30(44)20-43/h13-17,22,24-28,30,43-44H,3-12,18-21H2,1-2H3,(H,39,46). The molecule has 0 aliphatic heterocycles. The average molecular weight is 676 g/mol. The predicted molar refractivity (Wildman–Crippen MR) is 182 cm³/mol. The van der Waals surface area contributed by atoms with Gasteiger partial charge in [0.2, 0.25) is 5.91 Å². The predicted octanol–water partition coefficient (Wildman–Crippen LogP) is 5.52. The van der Waals surface area contributed by atoms with Gasteiger partial charge in [0, 0.05) is 48.3 Å². The topological polar surface area (TPSA) is 160 Å². The molecule has 3 fully saturated rings. The van der Waals surface area contributed by atoms with Gasteiger partial charge in [-0.3, -0.25) is 14.7 Å². The van der Waals surface area contributed by atoms with Gasteiger partial charge in [-0.2, -0.15) is 0 Å². The zero-order valence-electron chi connectivity index (χ0n) is 28.6. The zero-order valence-corrected chi connectivity index (χ0v) is 28.6. The van der Waals surface area contributed by atoms with Crippen molar-refractivity contribution >= 4 is 17.8 Å². The van der Waals surface area contributed by atoms with Crippen LogP contribution in [0.4, 0.5) is 10.6 Å². The Kier molecular flexibility index (Phi) is 11.5. The molecule has 0 bridgehead atoms. The molecule has 0 aromatic carbocycles. The van der Waals surface area contributed by atoms with E-state index in [1.54, 1.807) is 19.6 Å². The Morgan fingerprint density at radius 3 is 2.43 bits per heavy atom. The Morgan fingerprint density at radius 2 is 1.73 bits per heavy atom. The van der Waals surface area contributed by atoms with Crippen LogP contribution in [-0.4, -0.2) is 76.7 Å². The van der Waals surface area contributed by atoms with Crippen LogP contribution in [-0.2, 0) is 9.53 Å². The number of ether oxygens (including phenoxy) is 2. The summed E-state index contributed by atoms with van der Waals surface area (Å²) in [6.07, 6.45) is 11.0. The molecule has 3 heterocycles. The number of hydrogen-bond acceptors (Lipinski definition) is 10. The summed E-state index contributed by atoms with van der Waals surface area (Å²) >= 11 is 0. The first-order chi connectivity index (χ1) is 23.8. The second-order valence-corrected chi connectivity index (χ2v) is 14.0. The molecular weight excluding hydrogens is 626 g/mol. The van der Waals surface area contributed by atoms with E-state index in [4.69, 9.17) is 33.9 Å². The SMILES string of the molecule is COc1ccc(C2CCC(CN(C(=O)C3CCC(COC(=O)NCC(O)CO)CC3)c3cc(-c4coc(C5CC5)n4)ccn3)CC2)nc1C. The largest absolute Gasteiger partial charge is 0.495 e. The summed E-state index contributed by atoms with van der Waals surface area (Å²) in [5.74, 6) is 3.46. The lowest BCUT2D eigenvalue weighted by molar-refractivity contribution is -0.124. The number of methoxy groups -OCH3 is 1. The normalized spacial score (nSPS) is 23.0. The number of anilines is 1. The van der Waals surface area contributed by atoms with Crippen molar-refractivity contribution in [3.63, 3.8) is 0 Å². The molecule has 2 amide bonds. The van der Waals surface area contributed by atoms with E-state index in [9.17, 15) is 14.7 Å². The number of aromatic nitrogens is 3. The molecule has 264 valence electrons. The molecule has 3 aromatic heterocycles. The van der Waals surface area contributed by atoms with Gasteiger partial charge >= 0.3 is 6.09 Å². The van der Waals surface area contributed by atoms with Crippen LogP contribution in [0.2, 0.25) is 0 Å². The Labute approximate surface area is 287 Å². The Bertz CT molecular complexity index is 1560. The highest BCUT2D eigenvalue weighted by atomic mass is 16.5. The van der Waals surface area contributed by atoms with Crippen molar-refractivity contribution in [3.05, 3.63) is 54.0 Å². The first-order valence-electron chi connectivity index (χ1n) is 17.8. The number of oxazole rings is 1. The van der Waals surface area contributed by atoms with Gasteiger partial charge in [0.25, 0.3) is 0 Å². The lowest BCUT2D eigenvalue weighted by Gasteiger charge is -2.35. The highest BCUT2D eigenvalue weighted by molar-refractivity contribution is 5.94. The highest BCUT2D eigenvalue weighted by Gasteiger charge is 2.34. The van der Waals surface area contributed by atoms with Gasteiger partial charge in [-0.05, 0) is 107 Å². The van der Waals surface area contributed by atoms with Gasteiger partial charge in [-0.1, -0.05) is 0 Å². The Balaban J connectivity index is 1.11. The van der Waals surface area contributed by atoms with E-state index < -0.39 is 18.8 Å². The van der Waals surface area contributed by atoms with Gasteiger partial charge in [0.1, 0.15) is 23.5 Å². The number of amides is 2. The second-order valence-electron chi connectivity index (χ2n) is 14.0. The molecule has 3 aliphatic rings. The first kappa shape index (κ1) is 34.8. The van der Waals surface area contributed by atoms with Crippen molar-refractivity contribution in [3.8, 4) is 17.0 Å². The van der Waals surface area contributed by atoms with Gasteiger partial charge in [0.05, 0.1) is 32.1 Å². The molecule has 1 atom stereocenters. The fraction of sp³-hybridized carbons (Fsp3) is 0.595. The van der Waals surface area contributed by atoms with E-state index in [2.05, 4.69) is 11.4 Å². The number of carbonyl (C=O) groups is 2. The monoisotopic (exact) mass is 675 g/mol. The summed E-state index contributed by atoms with van der Waals surface area (Å²) in [6, 6.07) is 7.97. The highest BCUT2D eigenvalue weighted by Crippen LogP contribution is 2.41. The quantitative estimate of drug-likeness (QED) is 0.211. The van der Waals surface area contributed by atoms with E-state index in [-0.39, 0.29) is 30.9 Å². The van der Waals surface area contributed by atoms with E-state index in [0.717, 1.165) is 85.7 Å². The molecule has 0 saturated heterocycles. The second kappa shape index (κ2) is 16.1. The maximum absolute atomic E-state index is 14.3. The molecule has 12 heteroatoms. The third-order valence-corrected chi connectivity index (χ3v) is 10.4. The van der Waals surface area contributed by atoms with Crippen LogP contribution in [0.1, 0.15) is 93.3 Å². The minimum absolute atomic E-state index is 0.0698. The third-order valence-electron chi connectivity index (χ3n) is 10.4. The fourth-order valence-corrected chi connectivity index (χ4v) is 7.18. The lowest BCUT2D eigenvalue weighted by Crippen LogP contribution is -2.42. The Morgan fingerprint density at radius 1 is 1.00 bits per heavy atom. The molecule has 49 heavy (non-hydrogen) atoms. The summed E-state index contributed by atoms with van der Waals surface area (Å²) in [5, 5.41) is 20.8. The number of aryl methyl sites for hydroxylation is 1. The molecule has 3 N–H and O–H groups in total. The third kappa shape index (κ3) is 8.96. The Hall–Kier alpha value is -4.03. The summed E-state index contributed by atoms with van der Waals surface area (Å²) in [5.41, 5.74) is 3.66. The maximum Gasteiger partial charge on any atom is 0.407 e. The molecule has 3 aliphatic carbocycles. The fourth-order valence-electron chi connectivity index (χ4n) is 7.18. The van der Waals surface area contributed by atoms with Crippen molar-refractivity contribution in [2.24, 2.45) is 17.8 Å². The van der Waals surface area contributed by atoms with E-state index in [1.165, 1.54) is 0 Å². The maximum atomic E-state index is 14.3. The smallest absolute Gasteiger partial charge is 0.407 e. The van der Waals surface area contributed by atoms with Crippen molar-refractivity contribution in [1.29, 1.82) is 0 Å². The lowest BCUT2D eigenvalue weighted by atomic mass is 9.79. The summed E-state index contributed by atoms with van der Waals surface area (Å²) in [6.45, 7) is 2.33. The molecule has 12 nitrogen and oxygen atoms in total. The summed E-state index contributed by atoms with van der Waals surface area (Å²) < 4.78 is 16.5. The number of nitrogens with zero attached hydrogens (tertiary/aromatic N) is 4. The van der Waals surface area contributed by atoms with Crippen LogP contribution >= 0.6 is 0 Å². The van der Waals surface area contributed by atoms with Gasteiger partial charge in [-0.15, -0.1) is 0 Å². The number of rotatable bonds is 13. The van der Waals surface area contributed by atoms with Crippen molar-refractivity contribution in [2.75, 3.05) is 38.3 Å². The molecule has 3 aromatic rings. The van der Waals surface area contributed by atoms with Crippen LogP contribution in [0, 0.1) is 24.7 Å². The van der Waals surface area contributed by atoms with E-state index >= 15 is 0 Å².